The van der Waals surface area contributed by atoms with Crippen LogP contribution < -0.4 is 0 Å². The van der Waals surface area contributed by atoms with Crippen molar-refractivity contribution in [2.24, 2.45) is 5.92 Å². The standard InChI is InChI=1S/C22H25ClN4OS/c1-26(2)10-11-27(13-15-6-4-3-5-7-15)22(28)16-8-9-17-18(12-16)29-21-19(17)20(23)24-14-25-21/h3-7,14,16H,8-13H2,1-2H3. The van der Waals surface area contributed by atoms with Crippen molar-refractivity contribution in [3.05, 3.63) is 57.8 Å². The second-order valence-corrected chi connectivity index (χ2v) is 9.28. The third-order valence-corrected chi connectivity index (χ3v) is 6.94. The topological polar surface area (TPSA) is 49.3 Å². The Balaban J connectivity index is 1.54. The van der Waals surface area contributed by atoms with Gasteiger partial charge in [-0.15, -0.1) is 11.3 Å². The number of fused-ring (bicyclic) bond motifs is 3. The van der Waals surface area contributed by atoms with Crippen LogP contribution in [-0.2, 0) is 24.2 Å². The lowest BCUT2D eigenvalue weighted by Gasteiger charge is -2.30. The van der Waals surface area contributed by atoms with Gasteiger partial charge in [-0.2, -0.15) is 0 Å². The minimum absolute atomic E-state index is 0.00757. The van der Waals surface area contributed by atoms with E-state index >= 15 is 0 Å². The normalized spacial score (nSPS) is 16.2. The van der Waals surface area contributed by atoms with Crippen molar-refractivity contribution >= 4 is 39.1 Å². The first kappa shape index (κ1) is 20.3. The lowest BCUT2D eigenvalue weighted by molar-refractivity contribution is -0.136. The summed E-state index contributed by atoms with van der Waals surface area (Å²) in [5.41, 5.74) is 2.41. The lowest BCUT2D eigenvalue weighted by atomic mass is 9.87. The molecule has 1 aliphatic carbocycles. The summed E-state index contributed by atoms with van der Waals surface area (Å²) >= 11 is 7.98. The second-order valence-electron chi connectivity index (χ2n) is 7.84. The highest BCUT2D eigenvalue weighted by atomic mass is 35.5. The van der Waals surface area contributed by atoms with E-state index in [2.05, 4.69) is 27.0 Å². The molecule has 0 fully saturated rings. The molecular weight excluding hydrogens is 404 g/mol. The zero-order chi connectivity index (χ0) is 20.4. The molecule has 0 spiro atoms. The van der Waals surface area contributed by atoms with Gasteiger partial charge in [0.1, 0.15) is 16.3 Å². The Labute approximate surface area is 180 Å². The van der Waals surface area contributed by atoms with Crippen molar-refractivity contribution in [2.75, 3.05) is 27.2 Å². The van der Waals surface area contributed by atoms with Crippen LogP contribution in [0.25, 0.3) is 10.2 Å². The fourth-order valence-electron chi connectivity index (χ4n) is 3.93. The lowest BCUT2D eigenvalue weighted by Crippen LogP contribution is -2.41. The van der Waals surface area contributed by atoms with Crippen LogP contribution in [0.4, 0.5) is 0 Å². The molecule has 0 radical (unpaired) electrons. The van der Waals surface area contributed by atoms with Crippen LogP contribution in [0.3, 0.4) is 0 Å². The molecule has 0 saturated carbocycles. The van der Waals surface area contributed by atoms with Gasteiger partial charge in [0.25, 0.3) is 0 Å². The summed E-state index contributed by atoms with van der Waals surface area (Å²) in [5.74, 6) is 0.254. The number of amides is 1. The monoisotopic (exact) mass is 428 g/mol. The van der Waals surface area contributed by atoms with Gasteiger partial charge in [-0.1, -0.05) is 41.9 Å². The summed E-state index contributed by atoms with van der Waals surface area (Å²) in [5, 5.41) is 1.50. The molecule has 1 atom stereocenters. The fraction of sp³-hybridized carbons (Fsp3) is 0.409. The van der Waals surface area contributed by atoms with Gasteiger partial charge in [0, 0.05) is 30.4 Å². The highest BCUT2D eigenvalue weighted by Gasteiger charge is 2.31. The second kappa shape index (κ2) is 8.78. The molecular formula is C22H25ClN4OS. The van der Waals surface area contributed by atoms with Crippen molar-refractivity contribution < 1.29 is 4.79 Å². The first-order valence-corrected chi connectivity index (χ1v) is 11.1. The fourth-order valence-corrected chi connectivity index (χ4v) is 5.50. The third-order valence-electron chi connectivity index (χ3n) is 5.49. The zero-order valence-electron chi connectivity index (χ0n) is 16.8. The number of rotatable bonds is 6. The molecule has 0 saturated heterocycles. The molecule has 3 aromatic rings. The largest absolute Gasteiger partial charge is 0.337 e. The van der Waals surface area contributed by atoms with Gasteiger partial charge in [0.15, 0.2) is 0 Å². The van der Waals surface area contributed by atoms with E-state index in [1.54, 1.807) is 11.3 Å². The van der Waals surface area contributed by atoms with Gasteiger partial charge in [-0.3, -0.25) is 4.79 Å². The highest BCUT2D eigenvalue weighted by molar-refractivity contribution is 7.19. The average molecular weight is 429 g/mol. The van der Waals surface area contributed by atoms with E-state index in [4.69, 9.17) is 11.6 Å². The average Bonchev–Trinajstić information content (AvgIpc) is 3.10. The van der Waals surface area contributed by atoms with Crippen molar-refractivity contribution in [1.82, 2.24) is 19.8 Å². The van der Waals surface area contributed by atoms with Gasteiger partial charge in [0.2, 0.25) is 5.91 Å². The molecule has 2 heterocycles. The molecule has 5 nitrogen and oxygen atoms in total. The molecule has 0 N–H and O–H groups in total. The first-order chi connectivity index (χ1) is 14.0. The summed E-state index contributed by atoms with van der Waals surface area (Å²) in [7, 11) is 4.08. The number of hydrogen-bond acceptors (Lipinski definition) is 5. The Bertz CT molecular complexity index is 1000. The van der Waals surface area contributed by atoms with Crippen LogP contribution in [-0.4, -0.2) is 52.9 Å². The number of aryl methyl sites for hydroxylation is 1. The summed E-state index contributed by atoms with van der Waals surface area (Å²) in [6.45, 7) is 2.24. The SMILES string of the molecule is CN(C)CCN(Cc1ccccc1)C(=O)C1CCc2c(sc3ncnc(Cl)c23)C1. The Morgan fingerprint density at radius 1 is 1.21 bits per heavy atom. The molecule has 4 rings (SSSR count). The summed E-state index contributed by atoms with van der Waals surface area (Å²) < 4.78 is 0. The van der Waals surface area contributed by atoms with Crippen LogP contribution in [0.5, 0.6) is 0 Å². The number of aromatic nitrogens is 2. The van der Waals surface area contributed by atoms with E-state index in [-0.39, 0.29) is 11.8 Å². The van der Waals surface area contributed by atoms with E-state index in [1.165, 1.54) is 22.3 Å². The number of thiophene rings is 1. The number of hydrogen-bond donors (Lipinski definition) is 0. The summed E-state index contributed by atoms with van der Waals surface area (Å²) in [6, 6.07) is 10.2. The molecule has 7 heteroatoms. The minimum Gasteiger partial charge on any atom is -0.337 e. The molecule has 1 unspecified atom stereocenters. The summed E-state index contributed by atoms with van der Waals surface area (Å²) in [6.07, 6.45) is 3.97. The quantitative estimate of drug-likeness (QED) is 0.556. The van der Waals surface area contributed by atoms with Gasteiger partial charge in [-0.05, 0) is 44.5 Å². The number of benzene rings is 1. The van der Waals surface area contributed by atoms with Crippen molar-refractivity contribution in [2.45, 2.75) is 25.8 Å². The maximum absolute atomic E-state index is 13.5. The molecule has 1 aliphatic rings. The first-order valence-electron chi connectivity index (χ1n) is 9.91. The predicted molar refractivity (Wildman–Crippen MR) is 118 cm³/mol. The molecule has 2 aromatic heterocycles. The Morgan fingerprint density at radius 2 is 2.00 bits per heavy atom. The van der Waals surface area contributed by atoms with E-state index in [9.17, 15) is 4.79 Å². The van der Waals surface area contributed by atoms with E-state index in [0.717, 1.165) is 42.6 Å². The van der Waals surface area contributed by atoms with E-state index in [0.29, 0.717) is 11.7 Å². The molecule has 152 valence electrons. The van der Waals surface area contributed by atoms with Crippen LogP contribution in [0.15, 0.2) is 36.7 Å². The highest BCUT2D eigenvalue weighted by Crippen LogP contribution is 2.40. The number of halogens is 1. The van der Waals surface area contributed by atoms with E-state index < -0.39 is 0 Å². The van der Waals surface area contributed by atoms with E-state index in [1.807, 2.05) is 37.2 Å². The zero-order valence-corrected chi connectivity index (χ0v) is 18.3. The number of likely N-dealkylation sites (N-methyl/N-ethyl adjacent to an activating group) is 1. The Kier molecular flexibility index (Phi) is 6.13. The van der Waals surface area contributed by atoms with Gasteiger partial charge in [-0.25, -0.2) is 9.97 Å². The van der Waals surface area contributed by atoms with Crippen LogP contribution in [0, 0.1) is 5.92 Å². The maximum atomic E-state index is 13.5. The smallest absolute Gasteiger partial charge is 0.226 e. The van der Waals surface area contributed by atoms with Crippen molar-refractivity contribution in [3.8, 4) is 0 Å². The van der Waals surface area contributed by atoms with Crippen LogP contribution >= 0.6 is 22.9 Å². The molecule has 0 bridgehead atoms. The van der Waals surface area contributed by atoms with Crippen molar-refractivity contribution in [3.63, 3.8) is 0 Å². The maximum Gasteiger partial charge on any atom is 0.226 e. The van der Waals surface area contributed by atoms with Crippen molar-refractivity contribution in [1.29, 1.82) is 0 Å². The van der Waals surface area contributed by atoms with Gasteiger partial charge < -0.3 is 9.80 Å². The molecule has 1 aromatic carbocycles. The predicted octanol–water partition coefficient (Wildman–Crippen LogP) is 4.04. The number of carbonyl (C=O) groups excluding carboxylic acids is 1. The minimum atomic E-state index is 0.00757. The molecule has 29 heavy (non-hydrogen) atoms. The number of nitrogens with zero attached hydrogens (tertiary/aromatic N) is 4. The Hall–Kier alpha value is -2.02. The molecule has 0 aliphatic heterocycles. The number of carbonyl (C=O) groups is 1. The van der Waals surface area contributed by atoms with Crippen LogP contribution in [0.1, 0.15) is 22.4 Å². The van der Waals surface area contributed by atoms with Crippen LogP contribution in [0.2, 0.25) is 5.15 Å². The van der Waals surface area contributed by atoms with Gasteiger partial charge in [0.05, 0.1) is 5.39 Å². The molecule has 1 amide bonds. The Morgan fingerprint density at radius 3 is 2.76 bits per heavy atom. The third kappa shape index (κ3) is 4.44. The van der Waals surface area contributed by atoms with Gasteiger partial charge >= 0.3 is 0 Å². The summed E-state index contributed by atoms with van der Waals surface area (Å²) in [4.78, 5) is 28.3.